The van der Waals surface area contributed by atoms with Gasteiger partial charge in [0.1, 0.15) is 0 Å². The van der Waals surface area contributed by atoms with E-state index in [1.54, 1.807) is 0 Å². The molecule has 0 bridgehead atoms. The molecule has 0 radical (unpaired) electrons. The van der Waals surface area contributed by atoms with Crippen LogP contribution in [0, 0.1) is 23.7 Å². The fourth-order valence-corrected chi connectivity index (χ4v) is 1.55. The summed E-state index contributed by atoms with van der Waals surface area (Å²) in [7, 11) is 0. The minimum atomic E-state index is 0.163. The zero-order chi connectivity index (χ0) is 11.5. The van der Waals surface area contributed by atoms with E-state index in [9.17, 15) is 0 Å². The summed E-state index contributed by atoms with van der Waals surface area (Å²) in [6.07, 6.45) is 8.11. The average molecular weight is 208 g/mol. The van der Waals surface area contributed by atoms with Crippen LogP contribution in [-0.2, 0) is 0 Å². The summed E-state index contributed by atoms with van der Waals surface area (Å²) in [5.41, 5.74) is 6.33. The van der Waals surface area contributed by atoms with Gasteiger partial charge in [-0.05, 0) is 24.2 Å². The monoisotopic (exact) mass is 208 g/mol. The zero-order valence-corrected chi connectivity index (χ0v) is 10.3. The van der Waals surface area contributed by atoms with Crippen LogP contribution in [0.15, 0.2) is 0 Å². The van der Waals surface area contributed by atoms with Crippen LogP contribution in [0.5, 0.6) is 0 Å². The summed E-state index contributed by atoms with van der Waals surface area (Å²) in [6.45, 7) is 9.34. The molecule has 1 unspecified atom stereocenters. The molecule has 2 heteroatoms. The molecule has 1 atom stereocenters. The third kappa shape index (κ3) is 4.68. The van der Waals surface area contributed by atoms with Gasteiger partial charge < -0.3 is 5.73 Å². The average Bonchev–Trinajstić information content (AvgIpc) is 2.86. The van der Waals surface area contributed by atoms with Gasteiger partial charge in [-0.15, -0.1) is 6.42 Å². The van der Waals surface area contributed by atoms with Gasteiger partial charge in [0, 0.05) is 19.1 Å². The van der Waals surface area contributed by atoms with Gasteiger partial charge in [0.05, 0.1) is 6.54 Å². The zero-order valence-electron chi connectivity index (χ0n) is 10.3. The van der Waals surface area contributed by atoms with E-state index in [1.807, 2.05) is 0 Å². The summed E-state index contributed by atoms with van der Waals surface area (Å²) in [5.74, 6) is 3.61. The molecule has 0 aromatic carbocycles. The van der Waals surface area contributed by atoms with E-state index in [-0.39, 0.29) is 11.5 Å². The van der Waals surface area contributed by atoms with Crippen LogP contribution in [0.3, 0.4) is 0 Å². The van der Waals surface area contributed by atoms with Crippen molar-refractivity contribution in [1.29, 1.82) is 0 Å². The molecule has 1 saturated carbocycles. The van der Waals surface area contributed by atoms with Crippen molar-refractivity contribution in [2.45, 2.75) is 39.7 Å². The Balaban J connectivity index is 2.39. The Bertz CT molecular complexity index is 230. The predicted molar refractivity (Wildman–Crippen MR) is 65.4 cm³/mol. The molecule has 1 aliphatic carbocycles. The Kier molecular flexibility index (Phi) is 4.19. The highest BCUT2D eigenvalue weighted by Crippen LogP contribution is 2.30. The molecule has 1 aliphatic rings. The number of terminal acetylenes is 1. The van der Waals surface area contributed by atoms with Crippen molar-refractivity contribution in [2.24, 2.45) is 17.1 Å². The summed E-state index contributed by atoms with van der Waals surface area (Å²) < 4.78 is 0. The van der Waals surface area contributed by atoms with Crippen LogP contribution in [0.4, 0.5) is 0 Å². The summed E-state index contributed by atoms with van der Waals surface area (Å²) in [4.78, 5) is 2.33. The lowest BCUT2D eigenvalue weighted by molar-refractivity contribution is 0.209. The summed E-state index contributed by atoms with van der Waals surface area (Å²) >= 11 is 0. The van der Waals surface area contributed by atoms with Crippen LogP contribution in [0.1, 0.15) is 33.6 Å². The summed E-state index contributed by atoms with van der Waals surface area (Å²) in [6, 6.07) is 0.199. The van der Waals surface area contributed by atoms with Crippen LogP contribution < -0.4 is 5.73 Å². The first-order chi connectivity index (χ1) is 6.93. The second-order valence-electron chi connectivity index (χ2n) is 5.81. The van der Waals surface area contributed by atoms with Crippen molar-refractivity contribution in [3.05, 3.63) is 0 Å². The number of hydrogen-bond acceptors (Lipinski definition) is 2. The highest BCUT2D eigenvalue weighted by atomic mass is 15.1. The van der Waals surface area contributed by atoms with E-state index < -0.39 is 0 Å². The number of nitrogens with two attached hydrogens (primary N) is 1. The molecular weight excluding hydrogens is 184 g/mol. The van der Waals surface area contributed by atoms with Gasteiger partial charge in [-0.1, -0.05) is 26.7 Å². The molecule has 0 saturated heterocycles. The maximum atomic E-state index is 6.17. The van der Waals surface area contributed by atoms with Gasteiger partial charge in [0.15, 0.2) is 0 Å². The first kappa shape index (κ1) is 12.5. The van der Waals surface area contributed by atoms with Crippen LogP contribution >= 0.6 is 0 Å². The molecule has 0 aromatic rings. The smallest absolute Gasteiger partial charge is 0.0599 e. The second kappa shape index (κ2) is 5.01. The molecule has 15 heavy (non-hydrogen) atoms. The standard InChI is InChI=1S/C13H24N2/c1-5-8-15(9-11-6-7-11)10-12(14)13(2,3)4/h1,11-12H,6-10,14H2,2-4H3. The molecule has 2 N–H and O–H groups in total. The Hall–Kier alpha value is -0.520. The highest BCUT2D eigenvalue weighted by molar-refractivity contribution is 4.92. The molecule has 0 heterocycles. The maximum Gasteiger partial charge on any atom is 0.0599 e. The van der Waals surface area contributed by atoms with Gasteiger partial charge in [-0.2, -0.15) is 0 Å². The fraction of sp³-hybridized carbons (Fsp3) is 0.846. The lowest BCUT2D eigenvalue weighted by Gasteiger charge is -2.32. The van der Waals surface area contributed by atoms with E-state index in [4.69, 9.17) is 12.2 Å². The molecule has 0 aromatic heterocycles. The van der Waals surface area contributed by atoms with Crippen molar-refractivity contribution in [3.63, 3.8) is 0 Å². The van der Waals surface area contributed by atoms with Crippen LogP contribution in [-0.4, -0.2) is 30.6 Å². The van der Waals surface area contributed by atoms with E-state index in [2.05, 4.69) is 31.6 Å². The molecular formula is C13H24N2. The van der Waals surface area contributed by atoms with Gasteiger partial charge in [0.25, 0.3) is 0 Å². The lowest BCUT2D eigenvalue weighted by Crippen LogP contribution is -2.46. The van der Waals surface area contributed by atoms with Crippen molar-refractivity contribution in [2.75, 3.05) is 19.6 Å². The van der Waals surface area contributed by atoms with Gasteiger partial charge in [0.2, 0.25) is 0 Å². The predicted octanol–water partition coefficient (Wildman–Crippen LogP) is 1.70. The minimum absolute atomic E-state index is 0.163. The van der Waals surface area contributed by atoms with E-state index in [0.717, 1.165) is 25.6 Å². The molecule has 0 aliphatic heterocycles. The van der Waals surface area contributed by atoms with Crippen molar-refractivity contribution >= 4 is 0 Å². The van der Waals surface area contributed by atoms with Crippen LogP contribution in [0.2, 0.25) is 0 Å². The topological polar surface area (TPSA) is 29.3 Å². The third-order valence-corrected chi connectivity index (χ3v) is 3.10. The number of rotatable bonds is 5. The molecule has 1 rings (SSSR count). The van der Waals surface area contributed by atoms with Gasteiger partial charge in [-0.25, -0.2) is 0 Å². The van der Waals surface area contributed by atoms with Gasteiger partial charge in [-0.3, -0.25) is 4.90 Å². The molecule has 0 spiro atoms. The van der Waals surface area contributed by atoms with E-state index in [0.29, 0.717) is 0 Å². The van der Waals surface area contributed by atoms with E-state index >= 15 is 0 Å². The Morgan fingerprint density at radius 3 is 2.47 bits per heavy atom. The Morgan fingerprint density at radius 1 is 1.47 bits per heavy atom. The molecule has 86 valence electrons. The van der Waals surface area contributed by atoms with Crippen molar-refractivity contribution in [3.8, 4) is 12.3 Å². The molecule has 2 nitrogen and oxygen atoms in total. The quantitative estimate of drug-likeness (QED) is 0.697. The first-order valence-electron chi connectivity index (χ1n) is 5.85. The van der Waals surface area contributed by atoms with Gasteiger partial charge >= 0.3 is 0 Å². The second-order valence-corrected chi connectivity index (χ2v) is 5.81. The minimum Gasteiger partial charge on any atom is -0.326 e. The first-order valence-corrected chi connectivity index (χ1v) is 5.85. The third-order valence-electron chi connectivity index (χ3n) is 3.10. The van der Waals surface area contributed by atoms with Crippen LogP contribution in [0.25, 0.3) is 0 Å². The summed E-state index contributed by atoms with van der Waals surface area (Å²) in [5, 5.41) is 0. The van der Waals surface area contributed by atoms with Crippen molar-refractivity contribution in [1.82, 2.24) is 4.90 Å². The largest absolute Gasteiger partial charge is 0.326 e. The number of hydrogen-bond donors (Lipinski definition) is 1. The lowest BCUT2D eigenvalue weighted by atomic mass is 9.87. The maximum absolute atomic E-state index is 6.17. The normalized spacial score (nSPS) is 18.9. The highest BCUT2D eigenvalue weighted by Gasteiger charge is 2.27. The number of nitrogens with zero attached hydrogens (tertiary/aromatic N) is 1. The molecule has 1 fully saturated rings. The SMILES string of the molecule is C#CCN(CC1CC1)CC(N)C(C)(C)C. The Morgan fingerprint density at radius 2 is 2.07 bits per heavy atom. The Labute approximate surface area is 94.2 Å². The fourth-order valence-electron chi connectivity index (χ4n) is 1.55. The van der Waals surface area contributed by atoms with E-state index in [1.165, 1.54) is 12.8 Å². The molecule has 0 amide bonds. The van der Waals surface area contributed by atoms with Crippen molar-refractivity contribution < 1.29 is 0 Å².